The van der Waals surface area contributed by atoms with Crippen LogP contribution in [-0.4, -0.2) is 18.2 Å². The number of hydrogen-bond donors (Lipinski definition) is 0. The number of nitrogens with zero attached hydrogens (tertiary/aromatic N) is 1. The minimum Gasteiger partial charge on any atom is -0.312 e. The molecule has 1 atom stereocenters. The van der Waals surface area contributed by atoms with Gasteiger partial charge in [-0.1, -0.05) is 74.5 Å². The van der Waals surface area contributed by atoms with Crippen LogP contribution in [-0.2, 0) is 11.2 Å². The van der Waals surface area contributed by atoms with Crippen molar-refractivity contribution in [2.75, 3.05) is 11.4 Å². The molecule has 4 rings (SSSR count). The summed E-state index contributed by atoms with van der Waals surface area (Å²) in [6, 6.07) is 24.3. The van der Waals surface area contributed by atoms with Gasteiger partial charge in [0, 0.05) is 30.6 Å². The molecule has 3 nitrogen and oxygen atoms in total. The molecule has 0 saturated heterocycles. The number of amides is 1. The Kier molecular flexibility index (Phi) is 5.80. The third kappa shape index (κ3) is 4.06. The lowest BCUT2D eigenvalue weighted by molar-refractivity contribution is -0.118. The van der Waals surface area contributed by atoms with E-state index >= 15 is 0 Å². The van der Waals surface area contributed by atoms with Gasteiger partial charge in [-0.25, -0.2) is 0 Å². The zero-order valence-corrected chi connectivity index (χ0v) is 17.6. The van der Waals surface area contributed by atoms with Crippen LogP contribution in [0.15, 0.2) is 72.8 Å². The molecule has 0 saturated carbocycles. The molecule has 3 aromatic rings. The summed E-state index contributed by atoms with van der Waals surface area (Å²) in [5.74, 6) is 0.540. The minimum absolute atomic E-state index is 0.167. The lowest BCUT2D eigenvalue weighted by Gasteiger charge is -2.16. The van der Waals surface area contributed by atoms with Crippen LogP contribution >= 0.6 is 0 Å². The van der Waals surface area contributed by atoms with Crippen molar-refractivity contribution < 1.29 is 9.59 Å². The van der Waals surface area contributed by atoms with Crippen LogP contribution < -0.4 is 4.90 Å². The summed E-state index contributed by atoms with van der Waals surface area (Å²) in [5.41, 5.74) is 6.40. The first-order valence-corrected chi connectivity index (χ1v) is 10.7. The van der Waals surface area contributed by atoms with E-state index in [1.165, 1.54) is 11.1 Å². The molecule has 3 aromatic carbocycles. The third-order valence-corrected chi connectivity index (χ3v) is 5.98. The van der Waals surface area contributed by atoms with Crippen LogP contribution in [0.4, 0.5) is 5.69 Å². The number of benzene rings is 3. The van der Waals surface area contributed by atoms with E-state index in [0.29, 0.717) is 12.8 Å². The number of carbonyl (C=O) groups is 2. The lowest BCUT2D eigenvalue weighted by atomic mass is 9.92. The SMILES string of the molecule is CCC(=O)N1CCc2cc(-c3ccc(C(=O)CC(C)c4ccccc4)cc3)ccc21. The van der Waals surface area contributed by atoms with Gasteiger partial charge >= 0.3 is 0 Å². The molecule has 1 aliphatic heterocycles. The van der Waals surface area contributed by atoms with Gasteiger partial charge < -0.3 is 4.90 Å². The number of ketones is 1. The summed E-state index contributed by atoms with van der Waals surface area (Å²) in [7, 11) is 0. The van der Waals surface area contributed by atoms with Gasteiger partial charge in [0.05, 0.1) is 0 Å². The van der Waals surface area contributed by atoms with E-state index in [2.05, 4.69) is 31.2 Å². The summed E-state index contributed by atoms with van der Waals surface area (Å²) < 4.78 is 0. The predicted molar refractivity (Wildman–Crippen MR) is 122 cm³/mol. The molecule has 0 aromatic heterocycles. The quantitative estimate of drug-likeness (QED) is 0.476. The molecule has 0 spiro atoms. The molecule has 1 heterocycles. The molecule has 3 heteroatoms. The fraction of sp³-hybridized carbons (Fsp3) is 0.259. The summed E-state index contributed by atoms with van der Waals surface area (Å²) >= 11 is 0. The van der Waals surface area contributed by atoms with Gasteiger partial charge in [-0.05, 0) is 46.7 Å². The monoisotopic (exact) mass is 397 g/mol. The second kappa shape index (κ2) is 8.66. The highest BCUT2D eigenvalue weighted by molar-refractivity contribution is 5.97. The van der Waals surface area contributed by atoms with Crippen molar-refractivity contribution in [3.63, 3.8) is 0 Å². The summed E-state index contributed by atoms with van der Waals surface area (Å²) in [5, 5.41) is 0. The number of hydrogen-bond acceptors (Lipinski definition) is 2. The Morgan fingerprint density at radius 2 is 1.63 bits per heavy atom. The van der Waals surface area contributed by atoms with Crippen LogP contribution in [0.1, 0.15) is 54.1 Å². The van der Waals surface area contributed by atoms with Crippen molar-refractivity contribution in [3.05, 3.63) is 89.5 Å². The Morgan fingerprint density at radius 1 is 0.933 bits per heavy atom. The molecule has 0 fully saturated rings. The van der Waals surface area contributed by atoms with Crippen molar-refractivity contribution in [2.24, 2.45) is 0 Å². The van der Waals surface area contributed by atoms with Crippen molar-refractivity contribution in [2.45, 2.75) is 39.0 Å². The van der Waals surface area contributed by atoms with Crippen LogP contribution in [0, 0.1) is 0 Å². The first kappa shape index (κ1) is 20.1. The van der Waals surface area contributed by atoms with Gasteiger partial charge in [0.15, 0.2) is 5.78 Å². The summed E-state index contributed by atoms with van der Waals surface area (Å²) in [6.07, 6.45) is 1.92. The number of carbonyl (C=O) groups excluding carboxylic acids is 2. The van der Waals surface area contributed by atoms with Gasteiger partial charge in [0.1, 0.15) is 0 Å². The molecule has 1 amide bonds. The molecule has 30 heavy (non-hydrogen) atoms. The first-order chi connectivity index (χ1) is 14.6. The smallest absolute Gasteiger partial charge is 0.226 e. The molecular weight excluding hydrogens is 370 g/mol. The van der Waals surface area contributed by atoms with Gasteiger partial charge in [0.2, 0.25) is 5.91 Å². The average molecular weight is 398 g/mol. The number of rotatable bonds is 6. The maximum Gasteiger partial charge on any atom is 0.226 e. The standard InChI is InChI=1S/C27H27NO2/c1-3-27(30)28-16-15-24-18-23(13-14-25(24)28)21-9-11-22(12-10-21)26(29)17-19(2)20-7-5-4-6-8-20/h4-14,18-19H,3,15-17H2,1-2H3. The van der Waals surface area contributed by atoms with E-state index in [-0.39, 0.29) is 17.6 Å². The number of Topliss-reactive ketones (excluding diaryl/α,β-unsaturated/α-hetero) is 1. The maximum atomic E-state index is 12.7. The minimum atomic E-state index is 0.167. The second-order valence-corrected chi connectivity index (χ2v) is 8.01. The molecule has 0 N–H and O–H groups in total. The Bertz CT molecular complexity index is 1050. The van der Waals surface area contributed by atoms with Crippen LogP contribution in [0.25, 0.3) is 11.1 Å². The van der Waals surface area contributed by atoms with E-state index in [0.717, 1.165) is 35.3 Å². The number of fused-ring (bicyclic) bond motifs is 1. The van der Waals surface area contributed by atoms with Crippen LogP contribution in [0.2, 0.25) is 0 Å². The fourth-order valence-electron chi connectivity index (χ4n) is 4.18. The van der Waals surface area contributed by atoms with Crippen LogP contribution in [0.3, 0.4) is 0 Å². The predicted octanol–water partition coefficient (Wildman–Crippen LogP) is 6.03. The highest BCUT2D eigenvalue weighted by Gasteiger charge is 2.23. The van der Waals surface area contributed by atoms with Gasteiger partial charge in [-0.15, -0.1) is 0 Å². The van der Waals surface area contributed by atoms with E-state index in [4.69, 9.17) is 0 Å². The van der Waals surface area contributed by atoms with E-state index < -0.39 is 0 Å². The number of anilines is 1. The Morgan fingerprint density at radius 3 is 2.33 bits per heavy atom. The van der Waals surface area contributed by atoms with Crippen LogP contribution in [0.5, 0.6) is 0 Å². The molecule has 152 valence electrons. The maximum absolute atomic E-state index is 12.7. The highest BCUT2D eigenvalue weighted by Crippen LogP contribution is 2.33. The molecule has 0 radical (unpaired) electrons. The molecule has 1 aliphatic rings. The highest BCUT2D eigenvalue weighted by atomic mass is 16.2. The van der Waals surface area contributed by atoms with E-state index in [1.807, 2.05) is 60.4 Å². The van der Waals surface area contributed by atoms with Gasteiger partial charge in [-0.3, -0.25) is 9.59 Å². The van der Waals surface area contributed by atoms with Gasteiger partial charge in [-0.2, -0.15) is 0 Å². The van der Waals surface area contributed by atoms with E-state index in [9.17, 15) is 9.59 Å². The van der Waals surface area contributed by atoms with Crippen molar-refractivity contribution >= 4 is 17.4 Å². The average Bonchev–Trinajstić information content (AvgIpc) is 3.22. The van der Waals surface area contributed by atoms with Gasteiger partial charge in [0.25, 0.3) is 0 Å². The molecular formula is C27H27NO2. The Balaban J connectivity index is 1.47. The van der Waals surface area contributed by atoms with E-state index in [1.54, 1.807) is 0 Å². The third-order valence-electron chi connectivity index (χ3n) is 5.98. The topological polar surface area (TPSA) is 37.4 Å². The second-order valence-electron chi connectivity index (χ2n) is 8.01. The summed E-state index contributed by atoms with van der Waals surface area (Å²) in [6.45, 7) is 4.76. The fourth-order valence-corrected chi connectivity index (χ4v) is 4.18. The van der Waals surface area contributed by atoms with Crippen molar-refractivity contribution in [3.8, 4) is 11.1 Å². The first-order valence-electron chi connectivity index (χ1n) is 10.7. The van der Waals surface area contributed by atoms with Crippen molar-refractivity contribution in [1.29, 1.82) is 0 Å². The lowest BCUT2D eigenvalue weighted by Crippen LogP contribution is -2.27. The Hall–Kier alpha value is -3.20. The largest absolute Gasteiger partial charge is 0.312 e. The molecule has 1 unspecified atom stereocenters. The zero-order valence-electron chi connectivity index (χ0n) is 17.6. The zero-order chi connectivity index (χ0) is 21.1. The summed E-state index contributed by atoms with van der Waals surface area (Å²) in [4.78, 5) is 26.7. The normalized spacial score (nSPS) is 13.7. The Labute approximate surface area is 178 Å². The molecule has 0 bridgehead atoms. The van der Waals surface area contributed by atoms with Crippen molar-refractivity contribution in [1.82, 2.24) is 0 Å². The molecule has 0 aliphatic carbocycles.